The van der Waals surface area contributed by atoms with Crippen molar-refractivity contribution in [2.24, 2.45) is 0 Å². The van der Waals surface area contributed by atoms with Gasteiger partial charge in [-0.2, -0.15) is 0 Å². The summed E-state index contributed by atoms with van der Waals surface area (Å²) in [5.74, 6) is -0.783. The van der Waals surface area contributed by atoms with E-state index in [1.807, 2.05) is 45.0 Å². The molecule has 0 bridgehead atoms. The number of amides is 3. The molecule has 5 heteroatoms. The summed E-state index contributed by atoms with van der Waals surface area (Å²) < 4.78 is 0. The van der Waals surface area contributed by atoms with Crippen LogP contribution in [-0.2, 0) is 4.79 Å². The molecule has 3 rings (SSSR count). The molecular formula is C21H22N2O3. The van der Waals surface area contributed by atoms with Gasteiger partial charge in [0.25, 0.3) is 11.8 Å². The fraction of sp³-hybridized carbons (Fsp3) is 0.286. The van der Waals surface area contributed by atoms with Gasteiger partial charge in [0.05, 0.1) is 11.1 Å². The fourth-order valence-corrected chi connectivity index (χ4v) is 3.20. The van der Waals surface area contributed by atoms with Crippen molar-refractivity contribution < 1.29 is 14.4 Å². The Kier molecular flexibility index (Phi) is 4.64. The standard InChI is InChI=1S/C21H22N2O3/c1-13-6-8-16-17(11-13)21(26)23(20(16)25)10-9-19(24)22(4)18-12-14(2)5-7-15(18)3/h5-8,11-12H,9-10H2,1-4H3. The molecule has 1 aliphatic rings. The van der Waals surface area contributed by atoms with E-state index in [0.717, 1.165) is 22.4 Å². The van der Waals surface area contributed by atoms with Crippen LogP contribution in [0, 0.1) is 20.8 Å². The lowest BCUT2D eigenvalue weighted by atomic mass is 10.1. The first-order valence-corrected chi connectivity index (χ1v) is 8.60. The van der Waals surface area contributed by atoms with E-state index in [1.165, 1.54) is 4.90 Å². The normalized spacial score (nSPS) is 13.2. The molecule has 0 aromatic heterocycles. The highest BCUT2D eigenvalue weighted by atomic mass is 16.2. The van der Waals surface area contributed by atoms with Crippen LogP contribution in [0.2, 0.25) is 0 Å². The summed E-state index contributed by atoms with van der Waals surface area (Å²) in [6.45, 7) is 5.88. The Morgan fingerprint density at radius 3 is 2.27 bits per heavy atom. The molecule has 0 radical (unpaired) electrons. The summed E-state index contributed by atoms with van der Waals surface area (Å²) in [4.78, 5) is 40.3. The van der Waals surface area contributed by atoms with Gasteiger partial charge in [-0.25, -0.2) is 0 Å². The van der Waals surface area contributed by atoms with Crippen molar-refractivity contribution in [3.05, 3.63) is 64.2 Å². The van der Waals surface area contributed by atoms with Gasteiger partial charge in [0.15, 0.2) is 0 Å². The zero-order valence-electron chi connectivity index (χ0n) is 15.5. The molecule has 2 aromatic rings. The topological polar surface area (TPSA) is 57.7 Å². The molecule has 1 aliphatic heterocycles. The third-order valence-corrected chi connectivity index (χ3v) is 4.78. The lowest BCUT2D eigenvalue weighted by Gasteiger charge is -2.21. The zero-order valence-corrected chi connectivity index (χ0v) is 15.5. The van der Waals surface area contributed by atoms with Crippen molar-refractivity contribution in [1.29, 1.82) is 0 Å². The minimum atomic E-state index is -0.327. The molecule has 1 heterocycles. The highest BCUT2D eigenvalue weighted by Crippen LogP contribution is 2.25. The first-order chi connectivity index (χ1) is 12.3. The first-order valence-electron chi connectivity index (χ1n) is 8.60. The number of fused-ring (bicyclic) bond motifs is 1. The van der Waals surface area contributed by atoms with Crippen molar-refractivity contribution in [3.63, 3.8) is 0 Å². The number of carbonyl (C=O) groups excluding carboxylic acids is 3. The molecular weight excluding hydrogens is 328 g/mol. The minimum absolute atomic E-state index is 0.0828. The fourth-order valence-electron chi connectivity index (χ4n) is 3.20. The predicted molar refractivity (Wildman–Crippen MR) is 100 cm³/mol. The van der Waals surface area contributed by atoms with Gasteiger partial charge >= 0.3 is 0 Å². The van der Waals surface area contributed by atoms with Crippen LogP contribution in [-0.4, -0.2) is 36.2 Å². The van der Waals surface area contributed by atoms with E-state index in [9.17, 15) is 14.4 Å². The van der Waals surface area contributed by atoms with Gasteiger partial charge in [0.2, 0.25) is 5.91 Å². The Morgan fingerprint density at radius 1 is 0.923 bits per heavy atom. The van der Waals surface area contributed by atoms with Gasteiger partial charge in [-0.3, -0.25) is 19.3 Å². The van der Waals surface area contributed by atoms with Crippen molar-refractivity contribution in [3.8, 4) is 0 Å². The van der Waals surface area contributed by atoms with Gasteiger partial charge in [-0.1, -0.05) is 23.8 Å². The Balaban J connectivity index is 1.71. The van der Waals surface area contributed by atoms with Gasteiger partial charge < -0.3 is 4.90 Å². The number of hydrogen-bond donors (Lipinski definition) is 0. The number of imide groups is 1. The third-order valence-electron chi connectivity index (χ3n) is 4.78. The summed E-state index contributed by atoms with van der Waals surface area (Å²) in [5.41, 5.74) is 4.68. The lowest BCUT2D eigenvalue weighted by Crippen LogP contribution is -2.35. The van der Waals surface area contributed by atoms with Crippen LogP contribution < -0.4 is 4.90 Å². The van der Waals surface area contributed by atoms with Crippen LogP contribution in [0.25, 0.3) is 0 Å². The minimum Gasteiger partial charge on any atom is -0.315 e. The number of carbonyl (C=O) groups is 3. The monoisotopic (exact) mass is 350 g/mol. The van der Waals surface area contributed by atoms with E-state index >= 15 is 0 Å². The summed E-state index contributed by atoms with van der Waals surface area (Å²) >= 11 is 0. The Bertz CT molecular complexity index is 917. The van der Waals surface area contributed by atoms with E-state index < -0.39 is 0 Å². The second-order valence-electron chi connectivity index (χ2n) is 6.80. The smallest absolute Gasteiger partial charge is 0.261 e. The largest absolute Gasteiger partial charge is 0.315 e. The Morgan fingerprint density at radius 2 is 1.54 bits per heavy atom. The second-order valence-corrected chi connectivity index (χ2v) is 6.80. The van der Waals surface area contributed by atoms with Gasteiger partial charge in [0.1, 0.15) is 0 Å². The van der Waals surface area contributed by atoms with E-state index in [-0.39, 0.29) is 30.7 Å². The van der Waals surface area contributed by atoms with Crippen LogP contribution >= 0.6 is 0 Å². The molecule has 5 nitrogen and oxygen atoms in total. The molecule has 0 spiro atoms. The molecule has 0 aliphatic carbocycles. The van der Waals surface area contributed by atoms with Crippen LogP contribution in [0.5, 0.6) is 0 Å². The summed E-state index contributed by atoms with van der Waals surface area (Å²) in [6.07, 6.45) is 0.0916. The van der Waals surface area contributed by atoms with E-state index in [2.05, 4.69) is 0 Å². The third kappa shape index (κ3) is 3.12. The molecule has 0 N–H and O–H groups in total. The average molecular weight is 350 g/mol. The molecule has 0 atom stereocenters. The molecule has 0 saturated carbocycles. The maximum Gasteiger partial charge on any atom is 0.261 e. The molecule has 134 valence electrons. The van der Waals surface area contributed by atoms with E-state index in [1.54, 1.807) is 24.1 Å². The number of benzene rings is 2. The Labute approximate surface area is 153 Å². The van der Waals surface area contributed by atoms with Gasteiger partial charge in [-0.15, -0.1) is 0 Å². The maximum atomic E-state index is 12.6. The number of rotatable bonds is 4. The number of nitrogens with zero attached hydrogens (tertiary/aromatic N) is 2. The maximum absolute atomic E-state index is 12.6. The molecule has 26 heavy (non-hydrogen) atoms. The number of aryl methyl sites for hydroxylation is 3. The van der Waals surface area contributed by atoms with Crippen molar-refractivity contribution in [2.45, 2.75) is 27.2 Å². The van der Waals surface area contributed by atoms with Gasteiger partial charge in [-0.05, 0) is 50.1 Å². The zero-order chi connectivity index (χ0) is 19.0. The van der Waals surface area contributed by atoms with E-state index in [0.29, 0.717) is 11.1 Å². The number of anilines is 1. The number of hydrogen-bond acceptors (Lipinski definition) is 3. The highest BCUT2D eigenvalue weighted by Gasteiger charge is 2.35. The highest BCUT2D eigenvalue weighted by molar-refractivity contribution is 6.21. The van der Waals surface area contributed by atoms with E-state index in [4.69, 9.17) is 0 Å². The summed E-state index contributed by atoms with van der Waals surface area (Å²) in [5, 5.41) is 0. The second kappa shape index (κ2) is 6.75. The SMILES string of the molecule is Cc1ccc2c(c1)C(=O)N(CCC(=O)N(C)c1cc(C)ccc1C)C2=O. The van der Waals surface area contributed by atoms with Crippen LogP contribution in [0.3, 0.4) is 0 Å². The van der Waals surface area contributed by atoms with Gasteiger partial charge in [0, 0.05) is 25.7 Å². The Hall–Kier alpha value is -2.95. The lowest BCUT2D eigenvalue weighted by molar-refractivity contribution is -0.118. The molecule has 0 unspecified atom stereocenters. The molecule has 3 amide bonds. The predicted octanol–water partition coefficient (Wildman–Crippen LogP) is 3.26. The molecule has 0 fully saturated rings. The average Bonchev–Trinajstić information content (AvgIpc) is 2.84. The van der Waals surface area contributed by atoms with Crippen molar-refractivity contribution in [2.75, 3.05) is 18.5 Å². The summed E-state index contributed by atoms with van der Waals surface area (Å²) in [6, 6.07) is 11.1. The molecule has 2 aromatic carbocycles. The van der Waals surface area contributed by atoms with Crippen LogP contribution in [0.15, 0.2) is 36.4 Å². The molecule has 0 saturated heterocycles. The quantitative estimate of drug-likeness (QED) is 0.795. The first kappa shape index (κ1) is 17.9. The van der Waals surface area contributed by atoms with Crippen LogP contribution in [0.1, 0.15) is 43.8 Å². The summed E-state index contributed by atoms with van der Waals surface area (Å²) in [7, 11) is 1.72. The van der Waals surface area contributed by atoms with Crippen molar-refractivity contribution >= 4 is 23.4 Å². The van der Waals surface area contributed by atoms with Crippen LogP contribution in [0.4, 0.5) is 5.69 Å². The van der Waals surface area contributed by atoms with Crippen molar-refractivity contribution in [1.82, 2.24) is 4.90 Å².